The van der Waals surface area contributed by atoms with Gasteiger partial charge in [0.1, 0.15) is 11.5 Å². The molecule has 150 valence electrons. The monoisotopic (exact) mass is 389 g/mol. The van der Waals surface area contributed by atoms with Crippen LogP contribution in [0.5, 0.6) is 11.5 Å². The van der Waals surface area contributed by atoms with E-state index < -0.39 is 0 Å². The van der Waals surface area contributed by atoms with Gasteiger partial charge in [-0.15, -0.1) is 0 Å². The van der Waals surface area contributed by atoms with Gasteiger partial charge >= 0.3 is 0 Å². The average Bonchev–Trinajstić information content (AvgIpc) is 2.74. The van der Waals surface area contributed by atoms with E-state index in [2.05, 4.69) is 17.4 Å². The fourth-order valence-electron chi connectivity index (χ4n) is 2.88. The van der Waals surface area contributed by atoms with Crippen molar-refractivity contribution < 1.29 is 14.3 Å². The second kappa shape index (κ2) is 10.3. The van der Waals surface area contributed by atoms with Gasteiger partial charge < -0.3 is 14.8 Å². The Morgan fingerprint density at radius 3 is 2.14 bits per heavy atom. The normalized spacial score (nSPS) is 10.6. The molecule has 3 aromatic rings. The van der Waals surface area contributed by atoms with Gasteiger partial charge in [0.2, 0.25) is 0 Å². The molecule has 0 radical (unpaired) electrons. The van der Waals surface area contributed by atoms with E-state index in [-0.39, 0.29) is 12.0 Å². The predicted molar refractivity (Wildman–Crippen MR) is 115 cm³/mol. The molecule has 0 unspecified atom stereocenters. The highest BCUT2D eigenvalue weighted by atomic mass is 16.5. The standard InChI is InChI=1S/C25H27NO3/c1-19(2)29-24-12-8-21(9-13-24)18-26-25(27)22-10-14-23(15-11-22)28-17-16-20-6-4-3-5-7-20/h3-15,19H,16-18H2,1-2H3,(H,26,27). The molecule has 3 aromatic carbocycles. The van der Waals surface area contributed by atoms with Gasteiger partial charge in [0.05, 0.1) is 12.7 Å². The highest BCUT2D eigenvalue weighted by Crippen LogP contribution is 2.15. The largest absolute Gasteiger partial charge is 0.493 e. The molecule has 0 fully saturated rings. The maximum atomic E-state index is 12.4. The molecular formula is C25H27NO3. The third-order valence-corrected chi connectivity index (χ3v) is 4.37. The van der Waals surface area contributed by atoms with Gasteiger partial charge in [0.15, 0.2) is 0 Å². The highest BCUT2D eigenvalue weighted by molar-refractivity contribution is 5.94. The number of carbonyl (C=O) groups is 1. The number of nitrogens with one attached hydrogen (secondary N) is 1. The zero-order valence-electron chi connectivity index (χ0n) is 16.9. The summed E-state index contributed by atoms with van der Waals surface area (Å²) in [5.74, 6) is 1.49. The summed E-state index contributed by atoms with van der Waals surface area (Å²) in [6, 6.07) is 25.2. The molecule has 0 saturated carbocycles. The lowest BCUT2D eigenvalue weighted by atomic mass is 10.1. The Hall–Kier alpha value is -3.27. The molecule has 0 aliphatic heterocycles. The van der Waals surface area contributed by atoms with E-state index in [0.29, 0.717) is 18.7 Å². The van der Waals surface area contributed by atoms with Gasteiger partial charge in [-0.2, -0.15) is 0 Å². The van der Waals surface area contributed by atoms with Crippen LogP contribution in [0.25, 0.3) is 0 Å². The minimum absolute atomic E-state index is 0.108. The number of hydrogen-bond acceptors (Lipinski definition) is 3. The van der Waals surface area contributed by atoms with Crippen molar-refractivity contribution in [3.05, 3.63) is 95.6 Å². The van der Waals surface area contributed by atoms with Gasteiger partial charge in [-0.25, -0.2) is 0 Å². The zero-order valence-corrected chi connectivity index (χ0v) is 16.9. The number of benzene rings is 3. The molecule has 3 rings (SSSR count). The van der Waals surface area contributed by atoms with E-state index in [1.807, 2.05) is 68.4 Å². The predicted octanol–water partition coefficient (Wildman–Crippen LogP) is 5.03. The summed E-state index contributed by atoms with van der Waals surface area (Å²) >= 11 is 0. The maximum Gasteiger partial charge on any atom is 0.251 e. The van der Waals surface area contributed by atoms with Crippen molar-refractivity contribution in [2.45, 2.75) is 32.9 Å². The molecule has 0 aromatic heterocycles. The third-order valence-electron chi connectivity index (χ3n) is 4.37. The summed E-state index contributed by atoms with van der Waals surface area (Å²) in [6.45, 7) is 5.06. The Labute approximate surface area is 172 Å². The lowest BCUT2D eigenvalue weighted by Crippen LogP contribution is -2.22. The molecular weight excluding hydrogens is 362 g/mol. The Bertz CT molecular complexity index is 888. The number of hydrogen-bond donors (Lipinski definition) is 1. The topological polar surface area (TPSA) is 47.6 Å². The van der Waals surface area contributed by atoms with Crippen LogP contribution in [0.1, 0.15) is 35.3 Å². The molecule has 0 aliphatic rings. The van der Waals surface area contributed by atoms with E-state index in [1.165, 1.54) is 5.56 Å². The van der Waals surface area contributed by atoms with Crippen molar-refractivity contribution in [2.75, 3.05) is 6.61 Å². The molecule has 0 aliphatic carbocycles. The summed E-state index contributed by atoms with van der Waals surface area (Å²) in [5.41, 5.74) is 2.88. The van der Waals surface area contributed by atoms with Crippen molar-refractivity contribution in [2.24, 2.45) is 0 Å². The molecule has 0 heterocycles. The van der Waals surface area contributed by atoms with Crippen LogP contribution in [-0.4, -0.2) is 18.6 Å². The van der Waals surface area contributed by atoms with Crippen LogP contribution in [0.4, 0.5) is 0 Å². The maximum absolute atomic E-state index is 12.4. The Morgan fingerprint density at radius 2 is 1.48 bits per heavy atom. The summed E-state index contributed by atoms with van der Waals surface area (Å²) in [5, 5.41) is 2.94. The van der Waals surface area contributed by atoms with Gasteiger partial charge in [0.25, 0.3) is 5.91 Å². The highest BCUT2D eigenvalue weighted by Gasteiger charge is 2.06. The zero-order chi connectivity index (χ0) is 20.5. The van der Waals surface area contributed by atoms with Crippen molar-refractivity contribution in [3.63, 3.8) is 0 Å². The first kappa shape index (κ1) is 20.5. The first-order valence-electron chi connectivity index (χ1n) is 9.91. The smallest absolute Gasteiger partial charge is 0.251 e. The average molecular weight is 389 g/mol. The van der Waals surface area contributed by atoms with Crippen molar-refractivity contribution in [1.29, 1.82) is 0 Å². The van der Waals surface area contributed by atoms with Crippen molar-refractivity contribution >= 4 is 5.91 Å². The van der Waals surface area contributed by atoms with Crippen LogP contribution >= 0.6 is 0 Å². The van der Waals surface area contributed by atoms with Crippen LogP contribution in [0.3, 0.4) is 0 Å². The summed E-state index contributed by atoms with van der Waals surface area (Å²) in [6.07, 6.45) is 0.996. The van der Waals surface area contributed by atoms with Gasteiger partial charge in [-0.05, 0) is 61.4 Å². The molecule has 0 spiro atoms. The summed E-state index contributed by atoms with van der Waals surface area (Å²) in [7, 11) is 0. The molecule has 4 heteroatoms. The van der Waals surface area contributed by atoms with Crippen LogP contribution in [0.2, 0.25) is 0 Å². The van der Waals surface area contributed by atoms with E-state index in [1.54, 1.807) is 12.1 Å². The fraction of sp³-hybridized carbons (Fsp3) is 0.240. The fourth-order valence-corrected chi connectivity index (χ4v) is 2.88. The third kappa shape index (κ3) is 6.68. The van der Waals surface area contributed by atoms with E-state index in [4.69, 9.17) is 9.47 Å². The molecule has 0 atom stereocenters. The van der Waals surface area contributed by atoms with Crippen molar-refractivity contribution in [1.82, 2.24) is 5.32 Å². The molecule has 29 heavy (non-hydrogen) atoms. The minimum Gasteiger partial charge on any atom is -0.493 e. The Morgan fingerprint density at radius 1 is 0.828 bits per heavy atom. The first-order valence-corrected chi connectivity index (χ1v) is 9.91. The number of rotatable bonds is 9. The van der Waals surface area contributed by atoms with E-state index in [9.17, 15) is 4.79 Å². The van der Waals surface area contributed by atoms with Gasteiger partial charge in [0, 0.05) is 18.5 Å². The Balaban J connectivity index is 1.44. The van der Waals surface area contributed by atoms with Gasteiger partial charge in [-0.3, -0.25) is 4.79 Å². The lowest BCUT2D eigenvalue weighted by Gasteiger charge is -2.11. The summed E-state index contributed by atoms with van der Waals surface area (Å²) in [4.78, 5) is 12.4. The number of ether oxygens (including phenoxy) is 2. The van der Waals surface area contributed by atoms with E-state index >= 15 is 0 Å². The SMILES string of the molecule is CC(C)Oc1ccc(CNC(=O)c2ccc(OCCc3ccccc3)cc2)cc1. The lowest BCUT2D eigenvalue weighted by molar-refractivity contribution is 0.0951. The quantitative estimate of drug-likeness (QED) is 0.559. The van der Waals surface area contributed by atoms with Crippen molar-refractivity contribution in [3.8, 4) is 11.5 Å². The van der Waals surface area contributed by atoms with Crippen LogP contribution < -0.4 is 14.8 Å². The molecule has 4 nitrogen and oxygen atoms in total. The van der Waals surface area contributed by atoms with Crippen LogP contribution in [0, 0.1) is 0 Å². The molecule has 0 bridgehead atoms. The first-order chi connectivity index (χ1) is 14.1. The second-order valence-corrected chi connectivity index (χ2v) is 7.10. The summed E-state index contributed by atoms with van der Waals surface area (Å²) < 4.78 is 11.4. The molecule has 0 saturated heterocycles. The Kier molecular flexibility index (Phi) is 7.28. The second-order valence-electron chi connectivity index (χ2n) is 7.10. The van der Waals surface area contributed by atoms with Crippen LogP contribution in [-0.2, 0) is 13.0 Å². The number of carbonyl (C=O) groups excluding carboxylic acids is 1. The van der Waals surface area contributed by atoms with E-state index in [0.717, 1.165) is 23.5 Å². The number of amides is 1. The van der Waals surface area contributed by atoms with Gasteiger partial charge in [-0.1, -0.05) is 42.5 Å². The molecule has 1 amide bonds. The van der Waals surface area contributed by atoms with Crippen LogP contribution in [0.15, 0.2) is 78.9 Å². The molecule has 1 N–H and O–H groups in total. The minimum atomic E-state index is -0.108.